The Kier molecular flexibility index (Phi) is 4.62. The average molecular weight is 238 g/mol. The van der Waals surface area contributed by atoms with Crippen molar-refractivity contribution in [3.05, 3.63) is 0 Å². The van der Waals surface area contributed by atoms with Crippen LogP contribution in [0, 0.1) is 0 Å². The van der Waals surface area contributed by atoms with Crippen molar-refractivity contribution in [3.8, 4) is 0 Å². The van der Waals surface area contributed by atoms with Crippen LogP contribution in [0.15, 0.2) is 0 Å². The highest BCUT2D eigenvalue weighted by molar-refractivity contribution is 4.83. The van der Waals surface area contributed by atoms with E-state index in [1.807, 2.05) is 0 Å². The van der Waals surface area contributed by atoms with E-state index in [1.54, 1.807) is 0 Å². The molecule has 7 heteroatoms. The lowest BCUT2D eigenvalue weighted by atomic mass is 10.1. The van der Waals surface area contributed by atoms with Crippen LogP contribution in [-0.4, -0.2) is 64.7 Å². The van der Waals surface area contributed by atoms with Crippen LogP contribution in [0.5, 0.6) is 0 Å². The smallest absolute Gasteiger partial charge is 0.282 e. The zero-order chi connectivity index (χ0) is 12.3. The summed E-state index contributed by atoms with van der Waals surface area (Å²) in [6, 6.07) is 0. The largest absolute Gasteiger partial charge is 0.396 e. The third-order valence-electron chi connectivity index (χ3n) is 2.49. The lowest BCUT2D eigenvalue weighted by Gasteiger charge is -2.24. The fourth-order valence-corrected chi connectivity index (χ4v) is 1.48. The van der Waals surface area contributed by atoms with Crippen molar-refractivity contribution in [2.24, 2.45) is 0 Å². The quantitative estimate of drug-likeness (QED) is 0.445. The lowest BCUT2D eigenvalue weighted by Crippen LogP contribution is -2.43. The summed E-state index contributed by atoms with van der Waals surface area (Å²) in [6.45, 7) is 1.16. The first-order valence-electron chi connectivity index (χ1n) is 4.99. The van der Waals surface area contributed by atoms with Gasteiger partial charge in [-0.1, -0.05) is 0 Å². The van der Waals surface area contributed by atoms with E-state index in [0.717, 1.165) is 0 Å². The van der Waals surface area contributed by atoms with Crippen molar-refractivity contribution in [1.29, 1.82) is 0 Å². The highest BCUT2D eigenvalue weighted by atomic mass is 16.9. The van der Waals surface area contributed by atoms with Crippen molar-refractivity contribution in [2.75, 3.05) is 13.7 Å². The molecule has 16 heavy (non-hydrogen) atoms. The number of hydrogen-bond donors (Lipinski definition) is 4. The van der Waals surface area contributed by atoms with E-state index in [1.165, 1.54) is 14.0 Å². The summed E-state index contributed by atoms with van der Waals surface area (Å²) in [6.07, 6.45) is -5.09. The van der Waals surface area contributed by atoms with Gasteiger partial charge in [0.1, 0.15) is 12.2 Å². The number of aliphatic hydroxyl groups excluding tert-OH is 4. The Morgan fingerprint density at radius 1 is 1.38 bits per heavy atom. The third-order valence-corrected chi connectivity index (χ3v) is 2.49. The molecular weight excluding hydrogens is 220 g/mol. The van der Waals surface area contributed by atoms with Crippen LogP contribution in [0.3, 0.4) is 0 Å². The molecule has 0 bridgehead atoms. The molecule has 1 aliphatic rings. The molecular formula is C9H18O7. The maximum Gasteiger partial charge on any atom is 0.282 e. The molecule has 1 aliphatic heterocycles. The molecule has 0 aromatic carbocycles. The molecule has 0 aromatic rings. The van der Waals surface area contributed by atoms with Gasteiger partial charge in [-0.15, -0.1) is 0 Å². The number of ether oxygens (including phenoxy) is 3. The van der Waals surface area contributed by atoms with Crippen LogP contribution < -0.4 is 0 Å². The first-order valence-corrected chi connectivity index (χ1v) is 4.99. The molecule has 0 amide bonds. The zero-order valence-electron chi connectivity index (χ0n) is 9.24. The van der Waals surface area contributed by atoms with Gasteiger partial charge in [-0.3, -0.25) is 4.74 Å². The van der Waals surface area contributed by atoms with Gasteiger partial charge < -0.3 is 29.9 Å². The van der Waals surface area contributed by atoms with Gasteiger partial charge in [-0.2, -0.15) is 0 Å². The topological polar surface area (TPSA) is 109 Å². The zero-order valence-corrected chi connectivity index (χ0v) is 9.24. The maximum atomic E-state index is 9.67. The Morgan fingerprint density at radius 2 is 2.00 bits per heavy atom. The predicted molar refractivity (Wildman–Crippen MR) is 51.1 cm³/mol. The molecule has 0 aromatic heterocycles. The molecule has 2 unspecified atom stereocenters. The van der Waals surface area contributed by atoms with Gasteiger partial charge in [0, 0.05) is 20.6 Å². The molecule has 0 radical (unpaired) electrons. The summed E-state index contributed by atoms with van der Waals surface area (Å²) in [4.78, 5) is 0. The van der Waals surface area contributed by atoms with E-state index in [2.05, 4.69) is 0 Å². The van der Waals surface area contributed by atoms with Gasteiger partial charge in [0.05, 0.1) is 6.10 Å². The Hall–Kier alpha value is -0.280. The van der Waals surface area contributed by atoms with Crippen LogP contribution in [-0.2, 0) is 14.2 Å². The maximum absolute atomic E-state index is 9.67. The van der Waals surface area contributed by atoms with Gasteiger partial charge >= 0.3 is 0 Å². The van der Waals surface area contributed by atoms with Crippen molar-refractivity contribution >= 4 is 0 Å². The summed E-state index contributed by atoms with van der Waals surface area (Å²) in [7, 11) is 1.33. The SMILES string of the molecule is CO[C@]1(C)OC(C(O)[C@H](O)CCO)[C@@H](O)O1. The van der Waals surface area contributed by atoms with Crippen LogP contribution >= 0.6 is 0 Å². The highest BCUT2D eigenvalue weighted by Crippen LogP contribution is 2.30. The Balaban J connectivity index is 2.60. The Bertz CT molecular complexity index is 224. The minimum absolute atomic E-state index is 0.0164. The van der Waals surface area contributed by atoms with E-state index < -0.39 is 30.6 Å². The second-order valence-electron chi connectivity index (χ2n) is 3.73. The molecule has 1 saturated heterocycles. The molecule has 5 atom stereocenters. The van der Waals surface area contributed by atoms with E-state index in [9.17, 15) is 15.3 Å². The first kappa shape index (κ1) is 13.8. The minimum atomic E-state index is -1.44. The molecule has 4 N–H and O–H groups in total. The van der Waals surface area contributed by atoms with E-state index in [-0.39, 0.29) is 13.0 Å². The van der Waals surface area contributed by atoms with Crippen molar-refractivity contribution in [1.82, 2.24) is 0 Å². The fourth-order valence-electron chi connectivity index (χ4n) is 1.48. The summed E-state index contributed by atoms with van der Waals surface area (Å²) in [5.41, 5.74) is 0. The van der Waals surface area contributed by atoms with Gasteiger partial charge in [0.15, 0.2) is 6.29 Å². The van der Waals surface area contributed by atoms with Crippen LogP contribution in [0.1, 0.15) is 13.3 Å². The number of rotatable bonds is 5. The predicted octanol–water partition coefficient (Wildman–Crippen LogP) is -1.86. The van der Waals surface area contributed by atoms with E-state index in [4.69, 9.17) is 19.3 Å². The fraction of sp³-hybridized carbons (Fsp3) is 1.00. The monoisotopic (exact) mass is 238 g/mol. The molecule has 1 fully saturated rings. The summed E-state index contributed by atoms with van der Waals surface area (Å²) < 4.78 is 14.9. The molecule has 96 valence electrons. The lowest BCUT2D eigenvalue weighted by molar-refractivity contribution is -0.331. The van der Waals surface area contributed by atoms with E-state index in [0.29, 0.717) is 0 Å². The summed E-state index contributed by atoms with van der Waals surface area (Å²) in [5.74, 6) is -1.44. The second kappa shape index (κ2) is 5.37. The standard InChI is InChI=1S/C9H18O7/c1-9(14-2)15-7(8(13)16-9)6(12)5(11)3-4-10/h5-8,10-13H,3-4H2,1-2H3/t5-,6?,7?,8+,9-/m1/s1. The molecule has 0 aliphatic carbocycles. The minimum Gasteiger partial charge on any atom is -0.396 e. The molecule has 1 heterocycles. The highest BCUT2D eigenvalue weighted by Gasteiger charge is 2.48. The number of methoxy groups -OCH3 is 1. The first-order chi connectivity index (χ1) is 7.43. The molecule has 0 saturated carbocycles. The average Bonchev–Trinajstić information content (AvgIpc) is 2.54. The van der Waals surface area contributed by atoms with Gasteiger partial charge in [-0.25, -0.2) is 0 Å². The van der Waals surface area contributed by atoms with Crippen molar-refractivity contribution < 1.29 is 34.6 Å². The van der Waals surface area contributed by atoms with Gasteiger partial charge in [0.2, 0.25) is 0 Å². The van der Waals surface area contributed by atoms with Crippen LogP contribution in [0.25, 0.3) is 0 Å². The molecule has 0 spiro atoms. The van der Waals surface area contributed by atoms with Crippen LogP contribution in [0.4, 0.5) is 0 Å². The van der Waals surface area contributed by atoms with Crippen LogP contribution in [0.2, 0.25) is 0 Å². The van der Waals surface area contributed by atoms with E-state index >= 15 is 0 Å². The third kappa shape index (κ3) is 2.89. The second-order valence-corrected chi connectivity index (χ2v) is 3.73. The normalized spacial score (nSPS) is 38.6. The molecule has 1 rings (SSSR count). The number of hydrogen-bond acceptors (Lipinski definition) is 7. The summed E-state index contributed by atoms with van der Waals surface area (Å²) in [5, 5.41) is 37.2. The Morgan fingerprint density at radius 3 is 2.44 bits per heavy atom. The molecule has 7 nitrogen and oxygen atoms in total. The Labute approximate surface area is 93.2 Å². The number of aliphatic hydroxyl groups is 4. The van der Waals surface area contributed by atoms with Crippen molar-refractivity contribution in [2.45, 2.75) is 43.9 Å². The van der Waals surface area contributed by atoms with Gasteiger partial charge in [-0.05, 0) is 6.42 Å². The summed E-state index contributed by atoms with van der Waals surface area (Å²) >= 11 is 0. The van der Waals surface area contributed by atoms with Gasteiger partial charge in [0.25, 0.3) is 5.97 Å². The van der Waals surface area contributed by atoms with Crippen molar-refractivity contribution in [3.63, 3.8) is 0 Å².